The number of aromatic nitrogens is 2. The van der Waals surface area contributed by atoms with E-state index in [-0.39, 0.29) is 5.56 Å². The molecule has 21 heavy (non-hydrogen) atoms. The lowest BCUT2D eigenvalue weighted by atomic mass is 9.91. The van der Waals surface area contributed by atoms with Crippen molar-refractivity contribution < 1.29 is 0 Å². The first-order valence-corrected chi connectivity index (χ1v) is 8.20. The van der Waals surface area contributed by atoms with Gasteiger partial charge in [0.1, 0.15) is 5.02 Å². The molecule has 1 fully saturated rings. The molecule has 1 aromatic heterocycles. The average Bonchev–Trinajstić information content (AvgIpc) is 2.50. The van der Waals surface area contributed by atoms with Crippen molar-refractivity contribution in [3.05, 3.63) is 21.6 Å². The third kappa shape index (κ3) is 3.58. The van der Waals surface area contributed by atoms with Crippen LogP contribution in [0.3, 0.4) is 0 Å². The molecule has 2 heterocycles. The van der Waals surface area contributed by atoms with Crippen LogP contribution in [0.2, 0.25) is 5.02 Å². The quantitative estimate of drug-likeness (QED) is 0.905. The molecular weight excluding hydrogens is 288 g/mol. The third-order valence-electron chi connectivity index (χ3n) is 4.30. The van der Waals surface area contributed by atoms with E-state index in [2.05, 4.69) is 29.2 Å². The number of nitrogens with zero attached hydrogens (tertiary/aromatic N) is 3. The highest BCUT2D eigenvalue weighted by Gasteiger charge is 2.26. The van der Waals surface area contributed by atoms with E-state index in [9.17, 15) is 4.79 Å². The van der Waals surface area contributed by atoms with Gasteiger partial charge < -0.3 is 10.2 Å². The summed E-state index contributed by atoms with van der Waals surface area (Å²) in [7, 11) is 0. The van der Waals surface area contributed by atoms with Crippen molar-refractivity contribution in [2.45, 2.75) is 46.2 Å². The highest BCUT2D eigenvalue weighted by Crippen LogP contribution is 2.28. The predicted molar refractivity (Wildman–Crippen MR) is 87.3 cm³/mol. The molecule has 1 aliphatic rings. The number of halogens is 1. The number of nitrogens with one attached hydrogen (secondary N) is 1. The molecule has 2 rings (SSSR count). The molecule has 0 radical (unpaired) electrons. The highest BCUT2D eigenvalue weighted by atomic mass is 35.5. The van der Waals surface area contributed by atoms with Gasteiger partial charge in [0.25, 0.3) is 5.56 Å². The van der Waals surface area contributed by atoms with Crippen LogP contribution in [0, 0.1) is 5.92 Å². The van der Waals surface area contributed by atoms with Crippen LogP contribution in [-0.4, -0.2) is 35.5 Å². The molecule has 0 spiro atoms. The number of aryl methyl sites for hydroxylation is 1. The van der Waals surface area contributed by atoms with E-state index in [4.69, 9.17) is 11.6 Å². The van der Waals surface area contributed by atoms with Gasteiger partial charge in [-0.1, -0.05) is 18.5 Å². The molecule has 0 aromatic carbocycles. The van der Waals surface area contributed by atoms with E-state index in [1.165, 1.54) is 11.1 Å². The molecule has 6 heteroatoms. The van der Waals surface area contributed by atoms with Crippen LogP contribution in [-0.2, 0) is 6.54 Å². The van der Waals surface area contributed by atoms with Crippen molar-refractivity contribution in [1.82, 2.24) is 15.1 Å². The van der Waals surface area contributed by atoms with Gasteiger partial charge in [0, 0.05) is 25.7 Å². The van der Waals surface area contributed by atoms with Gasteiger partial charge in [-0.25, -0.2) is 4.68 Å². The number of hydrogen-bond donors (Lipinski definition) is 1. The molecule has 118 valence electrons. The second-order valence-electron chi connectivity index (χ2n) is 5.66. The van der Waals surface area contributed by atoms with Crippen LogP contribution < -0.4 is 15.8 Å². The molecule has 5 nitrogen and oxygen atoms in total. The smallest absolute Gasteiger partial charge is 0.287 e. The molecule has 0 aliphatic carbocycles. The van der Waals surface area contributed by atoms with E-state index in [0.717, 1.165) is 31.7 Å². The number of anilines is 1. The lowest BCUT2D eigenvalue weighted by molar-refractivity contribution is 0.324. The first-order chi connectivity index (χ1) is 10.1. The van der Waals surface area contributed by atoms with E-state index >= 15 is 0 Å². The minimum Gasteiger partial charge on any atom is -0.369 e. The first-order valence-electron chi connectivity index (χ1n) is 7.82. The summed E-state index contributed by atoms with van der Waals surface area (Å²) in [4.78, 5) is 14.3. The fourth-order valence-electron chi connectivity index (χ4n) is 3.03. The fourth-order valence-corrected chi connectivity index (χ4v) is 3.29. The summed E-state index contributed by atoms with van der Waals surface area (Å²) < 4.78 is 1.40. The maximum Gasteiger partial charge on any atom is 0.287 e. The minimum absolute atomic E-state index is 0.196. The van der Waals surface area contributed by atoms with Crippen LogP contribution in [0.5, 0.6) is 0 Å². The Labute approximate surface area is 131 Å². The van der Waals surface area contributed by atoms with Crippen molar-refractivity contribution in [3.63, 3.8) is 0 Å². The molecule has 2 atom stereocenters. The summed E-state index contributed by atoms with van der Waals surface area (Å²) in [5.41, 5.74) is 0.582. The zero-order valence-corrected chi connectivity index (χ0v) is 13.9. The zero-order chi connectivity index (χ0) is 15.4. The Balaban J connectivity index is 2.18. The molecule has 0 amide bonds. The lowest BCUT2D eigenvalue weighted by Gasteiger charge is -2.37. The topological polar surface area (TPSA) is 50.2 Å². The Morgan fingerprint density at radius 1 is 1.52 bits per heavy atom. The van der Waals surface area contributed by atoms with Gasteiger partial charge >= 0.3 is 0 Å². The van der Waals surface area contributed by atoms with Crippen molar-refractivity contribution in [2.24, 2.45) is 5.92 Å². The monoisotopic (exact) mass is 312 g/mol. The van der Waals surface area contributed by atoms with Gasteiger partial charge in [0.2, 0.25) is 0 Å². The van der Waals surface area contributed by atoms with Crippen LogP contribution in [0.1, 0.15) is 33.6 Å². The van der Waals surface area contributed by atoms with Crippen molar-refractivity contribution in [1.29, 1.82) is 0 Å². The highest BCUT2D eigenvalue weighted by molar-refractivity contribution is 6.33. The maximum absolute atomic E-state index is 12.1. The van der Waals surface area contributed by atoms with Crippen molar-refractivity contribution >= 4 is 17.3 Å². The summed E-state index contributed by atoms with van der Waals surface area (Å²) in [5.74, 6) is 0.573. The summed E-state index contributed by atoms with van der Waals surface area (Å²) in [6.07, 6.45) is 4.06. The third-order valence-corrected chi connectivity index (χ3v) is 4.65. The zero-order valence-electron chi connectivity index (χ0n) is 13.1. The van der Waals surface area contributed by atoms with Crippen molar-refractivity contribution in [3.8, 4) is 0 Å². The standard InChI is InChI=1S/C15H25ClN4O/c1-4-17-11(3)12-7-6-8-19(10-12)13-9-18-20(5-2)15(21)14(13)16/h9,11-12,17H,4-8,10H2,1-3H3. The Morgan fingerprint density at radius 3 is 2.95 bits per heavy atom. The molecule has 0 saturated carbocycles. The van der Waals surface area contributed by atoms with Gasteiger partial charge in [-0.05, 0) is 39.2 Å². The number of rotatable bonds is 5. The Bertz CT molecular complexity index is 531. The van der Waals surface area contributed by atoms with Gasteiger partial charge in [-0.3, -0.25) is 4.79 Å². The molecule has 1 saturated heterocycles. The molecule has 1 N–H and O–H groups in total. The van der Waals surface area contributed by atoms with E-state index in [0.29, 0.717) is 23.5 Å². The van der Waals surface area contributed by atoms with Crippen LogP contribution in [0.25, 0.3) is 0 Å². The summed E-state index contributed by atoms with van der Waals surface area (Å²) in [6.45, 7) is 9.62. The van der Waals surface area contributed by atoms with Gasteiger partial charge in [-0.2, -0.15) is 5.10 Å². The van der Waals surface area contributed by atoms with Gasteiger partial charge in [0.15, 0.2) is 0 Å². The van der Waals surface area contributed by atoms with Gasteiger partial charge in [0.05, 0.1) is 11.9 Å². The van der Waals surface area contributed by atoms with Crippen LogP contribution >= 0.6 is 11.6 Å². The Hall–Kier alpha value is -1.07. The average molecular weight is 313 g/mol. The van der Waals surface area contributed by atoms with Crippen LogP contribution in [0.4, 0.5) is 5.69 Å². The van der Waals surface area contributed by atoms with E-state index in [1.54, 1.807) is 6.20 Å². The number of piperidine rings is 1. The number of hydrogen-bond acceptors (Lipinski definition) is 4. The summed E-state index contributed by atoms with van der Waals surface area (Å²) in [6, 6.07) is 0.473. The molecule has 0 bridgehead atoms. The molecule has 2 unspecified atom stereocenters. The summed E-state index contributed by atoms with van der Waals surface area (Å²) >= 11 is 6.27. The van der Waals surface area contributed by atoms with E-state index in [1.807, 2.05) is 6.92 Å². The predicted octanol–water partition coefficient (Wildman–Crippen LogP) is 2.13. The maximum atomic E-state index is 12.1. The fraction of sp³-hybridized carbons (Fsp3) is 0.733. The lowest BCUT2D eigenvalue weighted by Crippen LogP contribution is -2.45. The molecule has 1 aliphatic heterocycles. The molecular formula is C15H25ClN4O. The normalized spacial score (nSPS) is 20.6. The summed E-state index contributed by atoms with van der Waals surface area (Å²) in [5, 5.41) is 7.99. The molecule has 1 aromatic rings. The second-order valence-corrected chi connectivity index (χ2v) is 6.04. The first kappa shape index (κ1) is 16.3. The largest absolute Gasteiger partial charge is 0.369 e. The second kappa shape index (κ2) is 7.27. The minimum atomic E-state index is -0.196. The van der Waals surface area contributed by atoms with E-state index < -0.39 is 0 Å². The Morgan fingerprint density at radius 2 is 2.29 bits per heavy atom. The van der Waals surface area contributed by atoms with Gasteiger partial charge in [-0.15, -0.1) is 0 Å². The van der Waals surface area contributed by atoms with Crippen LogP contribution in [0.15, 0.2) is 11.0 Å². The SMILES string of the molecule is CCNC(C)C1CCCN(c2cnn(CC)c(=O)c2Cl)C1. The Kier molecular flexibility index (Phi) is 5.65. The van der Waals surface area contributed by atoms with Crippen molar-refractivity contribution in [2.75, 3.05) is 24.5 Å².